The number of hydrogen-bond donors (Lipinski definition) is 4. The minimum Gasteiger partial charge on any atom is -0.395 e. The smallest absolute Gasteiger partial charge is 0.0957 e. The van der Waals surface area contributed by atoms with Gasteiger partial charge in [-0.15, -0.1) is 0 Å². The van der Waals surface area contributed by atoms with Gasteiger partial charge in [-0.25, -0.2) is 0 Å². The van der Waals surface area contributed by atoms with Crippen LogP contribution in [0.25, 0.3) is 0 Å². The van der Waals surface area contributed by atoms with Gasteiger partial charge in [0.2, 0.25) is 0 Å². The number of β-amino-alcohol motifs (C(OH)–C–C–N with tert-alkyl or cyclic N) is 2. The van der Waals surface area contributed by atoms with Crippen LogP contribution in [0.5, 0.6) is 0 Å². The average Bonchev–Trinajstić information content (AvgIpc) is 2.58. The van der Waals surface area contributed by atoms with Gasteiger partial charge in [0.1, 0.15) is 0 Å². The normalized spacial score (nSPS) is 22.4. The molecule has 0 spiro atoms. The summed E-state index contributed by atoms with van der Waals surface area (Å²) in [7, 11) is 0. The first-order chi connectivity index (χ1) is 10.7. The van der Waals surface area contributed by atoms with Crippen molar-refractivity contribution in [3.63, 3.8) is 0 Å². The van der Waals surface area contributed by atoms with Crippen molar-refractivity contribution in [3.8, 4) is 0 Å². The van der Waals surface area contributed by atoms with Crippen LogP contribution in [-0.4, -0.2) is 132 Å². The molecule has 4 N–H and O–H groups in total. The van der Waals surface area contributed by atoms with E-state index >= 15 is 0 Å². The zero-order chi connectivity index (χ0) is 16.2. The van der Waals surface area contributed by atoms with Gasteiger partial charge in [0.05, 0.1) is 26.7 Å². The standard InChI is InChI=1S/C8H18N2O2.C6H14N2O2/c11-7-5-9-1-2-10(4-3-9)6-8-12;9-5-7-1-2-8(6-10)4-3-7/h11-12H,1-8H2;9-10H,1-6H2. The lowest BCUT2D eigenvalue weighted by molar-refractivity contribution is 0.0185. The van der Waals surface area contributed by atoms with Gasteiger partial charge < -0.3 is 20.4 Å². The van der Waals surface area contributed by atoms with Crippen LogP contribution in [0.4, 0.5) is 0 Å². The third-order valence-electron chi connectivity index (χ3n) is 4.16. The quantitative estimate of drug-likeness (QED) is 0.414. The van der Waals surface area contributed by atoms with Crippen LogP contribution in [0.1, 0.15) is 0 Å². The van der Waals surface area contributed by atoms with Gasteiger partial charge in [0, 0.05) is 65.4 Å². The number of aliphatic hydroxyl groups excluding tert-OH is 4. The summed E-state index contributed by atoms with van der Waals surface area (Å²) in [6.07, 6.45) is 0. The molecule has 0 amide bonds. The van der Waals surface area contributed by atoms with Crippen molar-refractivity contribution in [2.45, 2.75) is 0 Å². The SMILES string of the molecule is OCCN1CCN(CCO)CC1.OCN1CCN(CO)CC1. The fourth-order valence-corrected chi connectivity index (χ4v) is 2.59. The van der Waals surface area contributed by atoms with Crippen molar-refractivity contribution in [2.75, 3.05) is 92.1 Å². The van der Waals surface area contributed by atoms with Crippen LogP contribution < -0.4 is 0 Å². The first-order valence-corrected chi connectivity index (χ1v) is 8.06. The number of nitrogens with zero attached hydrogens (tertiary/aromatic N) is 4. The van der Waals surface area contributed by atoms with E-state index in [1.807, 2.05) is 9.80 Å². The molecular weight excluding hydrogens is 288 g/mol. The second-order valence-electron chi connectivity index (χ2n) is 5.65. The van der Waals surface area contributed by atoms with Gasteiger partial charge in [0.15, 0.2) is 0 Å². The molecule has 0 aromatic carbocycles. The maximum Gasteiger partial charge on any atom is 0.0957 e. The molecule has 0 aliphatic carbocycles. The Balaban J connectivity index is 0.000000224. The van der Waals surface area contributed by atoms with Crippen molar-refractivity contribution in [2.24, 2.45) is 0 Å². The van der Waals surface area contributed by atoms with E-state index in [2.05, 4.69) is 9.80 Å². The summed E-state index contributed by atoms with van der Waals surface area (Å²) in [5.74, 6) is 0. The lowest BCUT2D eigenvalue weighted by atomic mass is 10.3. The summed E-state index contributed by atoms with van der Waals surface area (Å²) < 4.78 is 0. The molecule has 0 radical (unpaired) electrons. The predicted octanol–water partition coefficient (Wildman–Crippen LogP) is -2.91. The van der Waals surface area contributed by atoms with E-state index in [1.54, 1.807) is 0 Å². The largest absolute Gasteiger partial charge is 0.395 e. The molecular formula is C14H32N4O4. The zero-order valence-electron chi connectivity index (χ0n) is 13.5. The van der Waals surface area contributed by atoms with E-state index < -0.39 is 0 Å². The van der Waals surface area contributed by atoms with Gasteiger partial charge >= 0.3 is 0 Å². The number of aliphatic hydroxyl groups is 4. The third kappa shape index (κ3) is 7.80. The molecule has 132 valence electrons. The fourth-order valence-electron chi connectivity index (χ4n) is 2.59. The molecule has 0 saturated carbocycles. The Morgan fingerprint density at radius 1 is 0.455 bits per heavy atom. The summed E-state index contributed by atoms with van der Waals surface area (Å²) in [4.78, 5) is 8.39. The van der Waals surface area contributed by atoms with E-state index in [1.165, 1.54) is 0 Å². The lowest BCUT2D eigenvalue weighted by Crippen LogP contribution is -2.47. The average molecular weight is 320 g/mol. The topological polar surface area (TPSA) is 93.9 Å². The van der Waals surface area contributed by atoms with Crippen LogP contribution in [0.3, 0.4) is 0 Å². The second-order valence-corrected chi connectivity index (χ2v) is 5.65. The van der Waals surface area contributed by atoms with Crippen molar-refractivity contribution in [3.05, 3.63) is 0 Å². The van der Waals surface area contributed by atoms with E-state index in [9.17, 15) is 0 Å². The van der Waals surface area contributed by atoms with Gasteiger partial charge in [-0.1, -0.05) is 0 Å². The fraction of sp³-hybridized carbons (Fsp3) is 1.00. The first-order valence-electron chi connectivity index (χ1n) is 8.06. The minimum atomic E-state index is 0.138. The molecule has 0 bridgehead atoms. The molecule has 0 unspecified atom stereocenters. The molecule has 2 aliphatic rings. The van der Waals surface area contributed by atoms with Gasteiger partial charge in [-0.2, -0.15) is 0 Å². The number of piperazine rings is 2. The summed E-state index contributed by atoms with van der Waals surface area (Å²) in [5, 5.41) is 34.8. The Labute approximate surface area is 133 Å². The summed E-state index contributed by atoms with van der Waals surface area (Å²) in [6.45, 7) is 9.84. The lowest BCUT2D eigenvalue weighted by Gasteiger charge is -2.33. The molecule has 2 fully saturated rings. The molecule has 2 saturated heterocycles. The molecule has 2 rings (SSSR count). The van der Waals surface area contributed by atoms with Gasteiger partial charge in [-0.3, -0.25) is 19.6 Å². The van der Waals surface area contributed by atoms with Crippen molar-refractivity contribution < 1.29 is 20.4 Å². The van der Waals surface area contributed by atoms with Crippen molar-refractivity contribution in [1.82, 2.24) is 19.6 Å². The second kappa shape index (κ2) is 12.1. The Bertz CT molecular complexity index is 231. The monoisotopic (exact) mass is 320 g/mol. The van der Waals surface area contributed by atoms with Crippen molar-refractivity contribution >= 4 is 0 Å². The van der Waals surface area contributed by atoms with Gasteiger partial charge in [0.25, 0.3) is 0 Å². The molecule has 2 heterocycles. The summed E-state index contributed by atoms with van der Waals surface area (Å²) in [5.41, 5.74) is 0. The maximum atomic E-state index is 8.69. The molecule has 22 heavy (non-hydrogen) atoms. The van der Waals surface area contributed by atoms with Crippen LogP contribution in [0, 0.1) is 0 Å². The Kier molecular flexibility index (Phi) is 10.9. The highest BCUT2D eigenvalue weighted by Gasteiger charge is 2.15. The molecule has 2 aliphatic heterocycles. The Hall–Kier alpha value is -0.320. The minimum absolute atomic E-state index is 0.138. The van der Waals surface area contributed by atoms with Gasteiger partial charge in [-0.05, 0) is 0 Å². The predicted molar refractivity (Wildman–Crippen MR) is 84.4 cm³/mol. The molecule has 0 aromatic heterocycles. The molecule has 8 nitrogen and oxygen atoms in total. The first kappa shape index (κ1) is 19.7. The van der Waals surface area contributed by atoms with Crippen LogP contribution in [-0.2, 0) is 0 Å². The number of rotatable bonds is 6. The van der Waals surface area contributed by atoms with Crippen LogP contribution in [0.2, 0.25) is 0 Å². The van der Waals surface area contributed by atoms with E-state index in [4.69, 9.17) is 20.4 Å². The maximum absolute atomic E-state index is 8.69. The number of hydrogen-bond acceptors (Lipinski definition) is 8. The highest BCUT2D eigenvalue weighted by molar-refractivity contribution is 4.71. The van der Waals surface area contributed by atoms with Crippen LogP contribution in [0.15, 0.2) is 0 Å². The highest BCUT2D eigenvalue weighted by atomic mass is 16.3. The molecule has 0 atom stereocenters. The molecule has 0 aromatic rings. The zero-order valence-corrected chi connectivity index (χ0v) is 13.5. The summed E-state index contributed by atoms with van der Waals surface area (Å²) >= 11 is 0. The van der Waals surface area contributed by atoms with E-state index in [0.29, 0.717) is 0 Å². The van der Waals surface area contributed by atoms with E-state index in [-0.39, 0.29) is 26.7 Å². The van der Waals surface area contributed by atoms with Crippen molar-refractivity contribution in [1.29, 1.82) is 0 Å². The third-order valence-corrected chi connectivity index (χ3v) is 4.16. The van der Waals surface area contributed by atoms with E-state index in [0.717, 1.165) is 65.4 Å². The Morgan fingerprint density at radius 2 is 0.727 bits per heavy atom. The molecule has 8 heteroatoms. The highest BCUT2D eigenvalue weighted by Crippen LogP contribution is 1.99. The Morgan fingerprint density at radius 3 is 0.955 bits per heavy atom. The van der Waals surface area contributed by atoms with Crippen LogP contribution >= 0.6 is 0 Å². The summed E-state index contributed by atoms with van der Waals surface area (Å²) in [6, 6.07) is 0.